The number of aryl methyl sites for hydroxylation is 2. The Morgan fingerprint density at radius 2 is 2.44 bits per heavy atom. The molecule has 3 rings (SSSR count). The number of aromatic nitrogens is 2. The van der Waals surface area contributed by atoms with Gasteiger partial charge in [0.05, 0.1) is 17.5 Å². The zero-order valence-corrected chi connectivity index (χ0v) is 11.7. The van der Waals surface area contributed by atoms with E-state index in [-0.39, 0.29) is 0 Å². The Bertz CT molecular complexity index is 540. The minimum Gasteiger partial charge on any atom is -0.377 e. The highest BCUT2D eigenvalue weighted by molar-refractivity contribution is 7.15. The molecule has 18 heavy (non-hydrogen) atoms. The van der Waals surface area contributed by atoms with Crippen LogP contribution in [0.4, 0.5) is 0 Å². The molecule has 98 valence electrons. The van der Waals surface area contributed by atoms with Gasteiger partial charge in [-0.25, -0.2) is 4.98 Å². The smallest absolute Gasteiger partial charge is 0.194 e. The number of hydrogen-bond acceptors (Lipinski definition) is 4. The molecule has 0 spiro atoms. The van der Waals surface area contributed by atoms with E-state index in [2.05, 4.69) is 33.9 Å². The summed E-state index contributed by atoms with van der Waals surface area (Å²) in [7, 11) is 0. The number of rotatable bonds is 4. The van der Waals surface area contributed by atoms with Gasteiger partial charge in [0, 0.05) is 30.8 Å². The van der Waals surface area contributed by atoms with Crippen molar-refractivity contribution < 1.29 is 4.74 Å². The van der Waals surface area contributed by atoms with Crippen LogP contribution < -0.4 is 5.32 Å². The van der Waals surface area contributed by atoms with Gasteiger partial charge in [-0.3, -0.25) is 4.40 Å². The molecule has 1 aliphatic rings. The van der Waals surface area contributed by atoms with Crippen LogP contribution in [-0.4, -0.2) is 28.6 Å². The lowest BCUT2D eigenvalue weighted by molar-refractivity contribution is 0.110. The molecule has 0 aliphatic carbocycles. The fraction of sp³-hybridized carbons (Fsp3) is 0.615. The van der Waals surface area contributed by atoms with Gasteiger partial charge in [0.2, 0.25) is 0 Å². The van der Waals surface area contributed by atoms with E-state index >= 15 is 0 Å². The number of nitrogens with one attached hydrogen (secondary N) is 1. The fourth-order valence-electron chi connectivity index (χ4n) is 2.53. The molecule has 1 N–H and O–H groups in total. The van der Waals surface area contributed by atoms with Crippen LogP contribution in [0.25, 0.3) is 4.96 Å². The highest BCUT2D eigenvalue weighted by atomic mass is 32.1. The van der Waals surface area contributed by atoms with Gasteiger partial charge in [-0.1, -0.05) is 0 Å². The quantitative estimate of drug-likeness (QED) is 0.921. The number of hydrogen-bond donors (Lipinski definition) is 1. The molecular formula is C13H19N3OS. The predicted octanol–water partition coefficient (Wildman–Crippen LogP) is 2.28. The number of ether oxygens (including phenoxy) is 1. The van der Waals surface area contributed by atoms with Crippen LogP contribution in [0, 0.1) is 13.8 Å². The second kappa shape index (κ2) is 4.99. The van der Waals surface area contributed by atoms with Gasteiger partial charge >= 0.3 is 0 Å². The molecule has 2 aromatic heterocycles. The zero-order valence-electron chi connectivity index (χ0n) is 10.9. The third kappa shape index (κ3) is 2.18. The van der Waals surface area contributed by atoms with Gasteiger partial charge in [-0.2, -0.15) is 0 Å². The Hall–Kier alpha value is -0.910. The van der Waals surface area contributed by atoms with Crippen molar-refractivity contribution in [2.75, 3.05) is 13.2 Å². The zero-order chi connectivity index (χ0) is 12.5. The first-order valence-corrected chi connectivity index (χ1v) is 7.38. The highest BCUT2D eigenvalue weighted by Gasteiger charge is 2.16. The lowest BCUT2D eigenvalue weighted by Crippen LogP contribution is -2.26. The van der Waals surface area contributed by atoms with Crippen LogP contribution in [0.3, 0.4) is 0 Å². The molecule has 5 heteroatoms. The monoisotopic (exact) mass is 265 g/mol. The normalized spacial score (nSPS) is 20.0. The van der Waals surface area contributed by atoms with Crippen molar-refractivity contribution in [2.45, 2.75) is 39.3 Å². The molecule has 1 aliphatic heterocycles. The fourth-order valence-corrected chi connectivity index (χ4v) is 3.46. The largest absolute Gasteiger partial charge is 0.377 e. The molecule has 2 aromatic rings. The lowest BCUT2D eigenvalue weighted by atomic mass is 10.2. The highest BCUT2D eigenvalue weighted by Crippen LogP contribution is 2.20. The Morgan fingerprint density at radius 3 is 3.22 bits per heavy atom. The summed E-state index contributed by atoms with van der Waals surface area (Å²) in [6.45, 7) is 6.95. The third-order valence-electron chi connectivity index (χ3n) is 3.52. The molecule has 0 saturated carbocycles. The number of imidazole rings is 1. The molecule has 1 atom stereocenters. The average molecular weight is 265 g/mol. The SMILES string of the molecule is Cc1nc2scc(C)n2c1CNCC1CCCO1. The number of nitrogens with zero attached hydrogens (tertiary/aromatic N) is 2. The summed E-state index contributed by atoms with van der Waals surface area (Å²) in [6, 6.07) is 0. The first-order chi connectivity index (χ1) is 8.75. The molecule has 0 aromatic carbocycles. The topological polar surface area (TPSA) is 38.6 Å². The second-order valence-corrected chi connectivity index (χ2v) is 5.74. The van der Waals surface area contributed by atoms with Crippen LogP contribution >= 0.6 is 11.3 Å². The van der Waals surface area contributed by atoms with E-state index in [1.807, 2.05) is 0 Å². The molecule has 0 bridgehead atoms. The van der Waals surface area contributed by atoms with Crippen molar-refractivity contribution in [1.82, 2.24) is 14.7 Å². The first kappa shape index (κ1) is 12.1. The summed E-state index contributed by atoms with van der Waals surface area (Å²) in [6.07, 6.45) is 2.79. The first-order valence-electron chi connectivity index (χ1n) is 6.50. The molecule has 1 unspecified atom stereocenters. The molecular weight excluding hydrogens is 246 g/mol. The van der Waals surface area contributed by atoms with E-state index in [1.54, 1.807) is 11.3 Å². The van der Waals surface area contributed by atoms with Crippen molar-refractivity contribution in [3.8, 4) is 0 Å². The minimum atomic E-state index is 0.400. The van der Waals surface area contributed by atoms with E-state index in [1.165, 1.54) is 24.2 Å². The Balaban J connectivity index is 1.69. The number of thiazole rings is 1. The standard InChI is InChI=1S/C13H19N3OS/c1-9-8-18-13-15-10(2)12(16(9)13)7-14-6-11-4-3-5-17-11/h8,11,14H,3-7H2,1-2H3. The second-order valence-electron chi connectivity index (χ2n) is 4.90. The molecule has 1 saturated heterocycles. The number of fused-ring (bicyclic) bond motifs is 1. The van der Waals surface area contributed by atoms with Gasteiger partial charge in [-0.05, 0) is 26.7 Å². The van der Waals surface area contributed by atoms with Crippen LogP contribution in [0.2, 0.25) is 0 Å². The van der Waals surface area contributed by atoms with Gasteiger partial charge in [-0.15, -0.1) is 11.3 Å². The van der Waals surface area contributed by atoms with Crippen LogP contribution in [-0.2, 0) is 11.3 Å². The van der Waals surface area contributed by atoms with Crippen LogP contribution in [0.5, 0.6) is 0 Å². The molecule has 1 fully saturated rings. The van der Waals surface area contributed by atoms with Crippen LogP contribution in [0.15, 0.2) is 5.38 Å². The van der Waals surface area contributed by atoms with E-state index in [9.17, 15) is 0 Å². The average Bonchev–Trinajstić information content (AvgIpc) is 3.02. The summed E-state index contributed by atoms with van der Waals surface area (Å²) >= 11 is 1.71. The van der Waals surface area contributed by atoms with Crippen LogP contribution in [0.1, 0.15) is 29.9 Å². The molecule has 0 radical (unpaired) electrons. The van der Waals surface area contributed by atoms with E-state index in [0.29, 0.717) is 6.10 Å². The Morgan fingerprint density at radius 1 is 1.56 bits per heavy atom. The minimum absolute atomic E-state index is 0.400. The summed E-state index contributed by atoms with van der Waals surface area (Å²) in [5.41, 5.74) is 3.68. The van der Waals surface area contributed by atoms with Gasteiger partial charge < -0.3 is 10.1 Å². The molecule has 3 heterocycles. The van der Waals surface area contributed by atoms with Crippen molar-refractivity contribution in [3.05, 3.63) is 22.5 Å². The maximum atomic E-state index is 5.62. The molecule has 0 amide bonds. The maximum absolute atomic E-state index is 5.62. The maximum Gasteiger partial charge on any atom is 0.194 e. The van der Waals surface area contributed by atoms with Gasteiger partial charge in [0.25, 0.3) is 0 Å². The Labute approximate surface area is 111 Å². The summed E-state index contributed by atoms with van der Waals surface area (Å²) in [4.78, 5) is 5.69. The molecule has 4 nitrogen and oxygen atoms in total. The third-order valence-corrected chi connectivity index (χ3v) is 4.46. The summed E-state index contributed by atoms with van der Waals surface area (Å²) in [5, 5.41) is 5.66. The summed E-state index contributed by atoms with van der Waals surface area (Å²) < 4.78 is 7.87. The van der Waals surface area contributed by atoms with E-state index in [0.717, 1.165) is 30.4 Å². The van der Waals surface area contributed by atoms with Gasteiger partial charge in [0.15, 0.2) is 4.96 Å². The van der Waals surface area contributed by atoms with Crippen molar-refractivity contribution in [1.29, 1.82) is 0 Å². The van der Waals surface area contributed by atoms with Crippen molar-refractivity contribution in [2.24, 2.45) is 0 Å². The van der Waals surface area contributed by atoms with Crippen molar-refractivity contribution in [3.63, 3.8) is 0 Å². The summed E-state index contributed by atoms with van der Waals surface area (Å²) in [5.74, 6) is 0. The van der Waals surface area contributed by atoms with E-state index in [4.69, 9.17) is 4.74 Å². The Kier molecular flexibility index (Phi) is 3.37. The predicted molar refractivity (Wildman–Crippen MR) is 73.2 cm³/mol. The van der Waals surface area contributed by atoms with E-state index < -0.39 is 0 Å². The lowest BCUT2D eigenvalue weighted by Gasteiger charge is -2.11. The van der Waals surface area contributed by atoms with Gasteiger partial charge in [0.1, 0.15) is 0 Å². The van der Waals surface area contributed by atoms with Crippen molar-refractivity contribution >= 4 is 16.3 Å².